The summed E-state index contributed by atoms with van der Waals surface area (Å²) in [5.41, 5.74) is 8.79. The molecule has 1 heterocycles. The molecule has 1 fully saturated rings. The second-order valence-electron chi connectivity index (χ2n) is 5.14. The molecule has 0 saturated heterocycles. The summed E-state index contributed by atoms with van der Waals surface area (Å²) in [5, 5.41) is 0.814. The third-order valence-corrected chi connectivity index (χ3v) is 4.98. The fourth-order valence-corrected chi connectivity index (χ4v) is 3.90. The monoisotopic (exact) mass is 273 g/mol. The largest absolute Gasteiger partial charge is 0.369 e. The Hall–Kier alpha value is -1.42. The van der Waals surface area contributed by atoms with Gasteiger partial charge in [-0.3, -0.25) is 0 Å². The van der Waals surface area contributed by atoms with Crippen LogP contribution in [0.1, 0.15) is 31.4 Å². The van der Waals surface area contributed by atoms with Crippen LogP contribution in [-0.4, -0.2) is 15.2 Å². The Bertz CT molecular complexity index is 553. The molecule has 0 bridgehead atoms. The van der Waals surface area contributed by atoms with Gasteiger partial charge in [-0.05, 0) is 31.9 Å². The van der Waals surface area contributed by atoms with Crippen LogP contribution in [0.3, 0.4) is 0 Å². The zero-order chi connectivity index (χ0) is 13.2. The number of aryl methyl sites for hydroxylation is 1. The van der Waals surface area contributed by atoms with E-state index in [1.54, 1.807) is 0 Å². The van der Waals surface area contributed by atoms with Gasteiger partial charge in [-0.1, -0.05) is 25.0 Å². The minimum atomic E-state index is 0.483. The Morgan fingerprint density at radius 1 is 1.21 bits per heavy atom. The Morgan fingerprint density at radius 2 is 1.89 bits per heavy atom. The molecule has 0 atom stereocenters. The number of benzene rings is 1. The number of imidazole rings is 1. The summed E-state index contributed by atoms with van der Waals surface area (Å²) < 4.78 is 0. The third-order valence-electron chi connectivity index (χ3n) is 3.64. The Balaban J connectivity index is 1.76. The maximum atomic E-state index is 5.68. The number of nitrogens with zero attached hydrogens (tertiary/aromatic N) is 1. The number of hydrogen-bond donors (Lipinski definition) is 2. The molecule has 1 aliphatic rings. The summed E-state index contributed by atoms with van der Waals surface area (Å²) in [6, 6.07) is 8.67. The van der Waals surface area contributed by atoms with Gasteiger partial charge >= 0.3 is 0 Å². The first-order valence-corrected chi connectivity index (χ1v) is 7.69. The molecule has 1 aromatic carbocycles. The number of hydrogen-bond acceptors (Lipinski definition) is 3. The SMILES string of the molecule is Cc1[nH]c(N)nc1-c1ccc(SC2CCCC2)cc1. The average molecular weight is 273 g/mol. The van der Waals surface area contributed by atoms with Crippen LogP contribution in [0, 0.1) is 6.92 Å². The highest BCUT2D eigenvalue weighted by atomic mass is 32.2. The number of nitrogens with one attached hydrogen (secondary N) is 1. The van der Waals surface area contributed by atoms with Gasteiger partial charge in [0.2, 0.25) is 0 Å². The molecule has 3 N–H and O–H groups in total. The number of anilines is 1. The van der Waals surface area contributed by atoms with E-state index in [0.29, 0.717) is 5.95 Å². The molecular formula is C15H19N3S. The van der Waals surface area contributed by atoms with Crippen molar-refractivity contribution in [1.82, 2.24) is 9.97 Å². The van der Waals surface area contributed by atoms with E-state index in [4.69, 9.17) is 5.73 Å². The van der Waals surface area contributed by atoms with Crippen molar-refractivity contribution in [1.29, 1.82) is 0 Å². The van der Waals surface area contributed by atoms with Gasteiger partial charge in [0.05, 0.1) is 5.69 Å². The fourth-order valence-electron chi connectivity index (χ4n) is 2.65. The van der Waals surface area contributed by atoms with Crippen LogP contribution in [-0.2, 0) is 0 Å². The van der Waals surface area contributed by atoms with Crippen LogP contribution in [0.5, 0.6) is 0 Å². The van der Waals surface area contributed by atoms with E-state index in [1.165, 1.54) is 30.6 Å². The smallest absolute Gasteiger partial charge is 0.198 e. The molecule has 2 aromatic rings. The van der Waals surface area contributed by atoms with Crippen molar-refractivity contribution >= 4 is 17.7 Å². The topological polar surface area (TPSA) is 54.7 Å². The van der Waals surface area contributed by atoms with E-state index in [2.05, 4.69) is 34.2 Å². The van der Waals surface area contributed by atoms with Crippen LogP contribution in [0.15, 0.2) is 29.2 Å². The van der Waals surface area contributed by atoms with Crippen LogP contribution in [0.4, 0.5) is 5.95 Å². The molecule has 0 aliphatic heterocycles. The van der Waals surface area contributed by atoms with Gasteiger partial charge in [0, 0.05) is 21.4 Å². The Morgan fingerprint density at radius 3 is 2.47 bits per heavy atom. The summed E-state index contributed by atoms with van der Waals surface area (Å²) in [4.78, 5) is 8.73. The van der Waals surface area contributed by atoms with Crippen molar-refractivity contribution in [2.24, 2.45) is 0 Å². The van der Waals surface area contributed by atoms with Gasteiger partial charge in [0.15, 0.2) is 5.95 Å². The first-order valence-electron chi connectivity index (χ1n) is 6.81. The molecule has 19 heavy (non-hydrogen) atoms. The van der Waals surface area contributed by atoms with E-state index in [-0.39, 0.29) is 0 Å². The van der Waals surface area contributed by atoms with Gasteiger partial charge < -0.3 is 10.7 Å². The maximum absolute atomic E-state index is 5.68. The van der Waals surface area contributed by atoms with Crippen LogP contribution < -0.4 is 5.73 Å². The van der Waals surface area contributed by atoms with Crippen molar-refractivity contribution in [2.45, 2.75) is 42.8 Å². The van der Waals surface area contributed by atoms with Crippen molar-refractivity contribution in [3.8, 4) is 11.3 Å². The molecule has 100 valence electrons. The molecule has 1 aliphatic carbocycles. The second-order valence-corrected chi connectivity index (χ2v) is 6.52. The molecule has 4 heteroatoms. The molecule has 1 saturated carbocycles. The van der Waals surface area contributed by atoms with Crippen LogP contribution >= 0.6 is 11.8 Å². The van der Waals surface area contributed by atoms with Gasteiger partial charge in [0.25, 0.3) is 0 Å². The summed E-state index contributed by atoms with van der Waals surface area (Å²) in [5.74, 6) is 0.483. The number of aromatic nitrogens is 2. The van der Waals surface area contributed by atoms with Gasteiger partial charge in [-0.25, -0.2) is 4.98 Å². The van der Waals surface area contributed by atoms with Gasteiger partial charge in [-0.2, -0.15) is 0 Å². The van der Waals surface area contributed by atoms with Crippen molar-refractivity contribution in [3.63, 3.8) is 0 Å². The highest BCUT2D eigenvalue weighted by Crippen LogP contribution is 2.35. The Kier molecular flexibility index (Phi) is 3.51. The quantitative estimate of drug-likeness (QED) is 0.888. The summed E-state index contributed by atoms with van der Waals surface area (Å²) in [6.45, 7) is 2.00. The van der Waals surface area contributed by atoms with E-state index in [9.17, 15) is 0 Å². The first-order chi connectivity index (χ1) is 9.22. The predicted molar refractivity (Wildman–Crippen MR) is 81.3 cm³/mol. The average Bonchev–Trinajstić information content (AvgIpc) is 3.00. The normalized spacial score (nSPS) is 16.1. The summed E-state index contributed by atoms with van der Waals surface area (Å²) in [6.07, 6.45) is 5.51. The highest BCUT2D eigenvalue weighted by Gasteiger charge is 2.16. The van der Waals surface area contributed by atoms with Gasteiger partial charge in [-0.15, -0.1) is 11.8 Å². The molecule has 1 aromatic heterocycles. The van der Waals surface area contributed by atoms with E-state index >= 15 is 0 Å². The minimum absolute atomic E-state index is 0.483. The third kappa shape index (κ3) is 2.78. The van der Waals surface area contributed by atoms with Crippen molar-refractivity contribution < 1.29 is 0 Å². The number of rotatable bonds is 3. The molecule has 3 nitrogen and oxygen atoms in total. The zero-order valence-electron chi connectivity index (χ0n) is 11.1. The summed E-state index contributed by atoms with van der Waals surface area (Å²) in [7, 11) is 0. The minimum Gasteiger partial charge on any atom is -0.369 e. The lowest BCUT2D eigenvalue weighted by atomic mass is 10.1. The standard InChI is InChI=1S/C15H19N3S/c1-10-14(18-15(16)17-10)11-6-8-13(9-7-11)19-12-4-2-3-5-12/h6-9,12H,2-5H2,1H3,(H3,16,17,18). The number of nitrogen functional groups attached to an aromatic ring is 1. The first kappa shape index (κ1) is 12.6. The van der Waals surface area contributed by atoms with E-state index in [0.717, 1.165) is 22.2 Å². The molecule has 0 amide bonds. The Labute approximate surface area is 118 Å². The number of nitrogens with two attached hydrogens (primary N) is 1. The maximum Gasteiger partial charge on any atom is 0.198 e. The molecule has 3 rings (SSSR count). The zero-order valence-corrected chi connectivity index (χ0v) is 12.0. The van der Waals surface area contributed by atoms with Gasteiger partial charge in [0.1, 0.15) is 0 Å². The second kappa shape index (κ2) is 5.29. The molecular weight excluding hydrogens is 254 g/mol. The lowest BCUT2D eigenvalue weighted by Gasteiger charge is -2.08. The summed E-state index contributed by atoms with van der Waals surface area (Å²) >= 11 is 2.01. The number of H-pyrrole nitrogens is 1. The van der Waals surface area contributed by atoms with Crippen molar-refractivity contribution in [3.05, 3.63) is 30.0 Å². The fraction of sp³-hybridized carbons (Fsp3) is 0.400. The van der Waals surface area contributed by atoms with Crippen molar-refractivity contribution in [2.75, 3.05) is 5.73 Å². The van der Waals surface area contributed by atoms with Crippen LogP contribution in [0.25, 0.3) is 11.3 Å². The predicted octanol–water partition coefficient (Wildman–Crippen LogP) is 4.00. The molecule has 0 unspecified atom stereocenters. The highest BCUT2D eigenvalue weighted by molar-refractivity contribution is 8.00. The van der Waals surface area contributed by atoms with E-state index < -0.39 is 0 Å². The number of aromatic amines is 1. The lowest BCUT2D eigenvalue weighted by Crippen LogP contribution is -1.92. The molecule has 0 spiro atoms. The van der Waals surface area contributed by atoms with Crippen LogP contribution in [0.2, 0.25) is 0 Å². The van der Waals surface area contributed by atoms with E-state index in [1.807, 2.05) is 18.7 Å². The number of thioether (sulfide) groups is 1. The lowest BCUT2D eigenvalue weighted by molar-refractivity contribution is 0.886. The molecule has 0 radical (unpaired) electrons.